The number of amides is 2. The summed E-state index contributed by atoms with van der Waals surface area (Å²) in [4.78, 5) is 30.3. The van der Waals surface area contributed by atoms with Crippen molar-refractivity contribution in [2.45, 2.75) is 0 Å². The maximum Gasteiger partial charge on any atom is 0.267 e. The molecule has 2 heterocycles. The maximum atomic E-state index is 12.9. The number of aromatic nitrogens is 1. The fraction of sp³-hybridized carbons (Fsp3) is 0.211. The lowest BCUT2D eigenvalue weighted by Crippen LogP contribution is -2.37. The van der Waals surface area contributed by atoms with E-state index in [4.69, 9.17) is 9.94 Å². The van der Waals surface area contributed by atoms with Gasteiger partial charge >= 0.3 is 0 Å². The summed E-state index contributed by atoms with van der Waals surface area (Å²) in [6.45, 7) is 2.61. The fourth-order valence-electron chi connectivity index (χ4n) is 2.78. The number of anilines is 2. The standard InChI is InChI=1S/C19H20N4O4/c24-18(22-26)6-5-14-3-1-2-4-16(14)21-19(25)15-7-8-20-13-17(15)23-9-11-27-12-10-23/h1-8,13,26H,9-12H2,(H,21,25)(H,22,24). The van der Waals surface area contributed by atoms with E-state index in [2.05, 4.69) is 15.2 Å². The SMILES string of the molecule is O=C(C=Cc1ccccc1NC(=O)c1ccncc1N1CCOCC1)NO. The minimum absolute atomic E-state index is 0.272. The number of ether oxygens (including phenoxy) is 1. The Hall–Kier alpha value is -3.23. The number of benzene rings is 1. The number of nitrogens with zero attached hydrogens (tertiary/aromatic N) is 2. The highest BCUT2D eigenvalue weighted by Crippen LogP contribution is 2.23. The van der Waals surface area contributed by atoms with Gasteiger partial charge in [0.25, 0.3) is 11.8 Å². The van der Waals surface area contributed by atoms with Crippen LogP contribution in [0, 0.1) is 0 Å². The number of hydroxylamine groups is 1. The van der Waals surface area contributed by atoms with Crippen LogP contribution in [-0.2, 0) is 9.53 Å². The molecule has 0 unspecified atom stereocenters. The zero-order chi connectivity index (χ0) is 19.1. The number of pyridine rings is 1. The van der Waals surface area contributed by atoms with E-state index >= 15 is 0 Å². The van der Waals surface area contributed by atoms with E-state index in [0.717, 1.165) is 5.69 Å². The molecule has 3 N–H and O–H groups in total. The van der Waals surface area contributed by atoms with Crippen LogP contribution in [0.5, 0.6) is 0 Å². The predicted molar refractivity (Wildman–Crippen MR) is 101 cm³/mol. The molecule has 1 fully saturated rings. The van der Waals surface area contributed by atoms with Crippen molar-refractivity contribution in [2.75, 3.05) is 36.5 Å². The summed E-state index contributed by atoms with van der Waals surface area (Å²) < 4.78 is 5.37. The van der Waals surface area contributed by atoms with E-state index in [1.807, 2.05) is 0 Å². The van der Waals surface area contributed by atoms with Gasteiger partial charge in [-0.2, -0.15) is 0 Å². The van der Waals surface area contributed by atoms with Crippen molar-refractivity contribution in [3.8, 4) is 0 Å². The summed E-state index contributed by atoms with van der Waals surface area (Å²) in [7, 11) is 0. The molecule has 0 atom stereocenters. The van der Waals surface area contributed by atoms with E-state index in [1.54, 1.807) is 42.7 Å². The van der Waals surface area contributed by atoms with Crippen LogP contribution in [0.4, 0.5) is 11.4 Å². The lowest BCUT2D eigenvalue weighted by atomic mass is 10.1. The van der Waals surface area contributed by atoms with Gasteiger partial charge in [-0.15, -0.1) is 0 Å². The van der Waals surface area contributed by atoms with Crippen molar-refractivity contribution >= 4 is 29.3 Å². The molecule has 140 valence electrons. The lowest BCUT2D eigenvalue weighted by Gasteiger charge is -2.29. The van der Waals surface area contributed by atoms with Gasteiger partial charge in [0, 0.05) is 31.0 Å². The van der Waals surface area contributed by atoms with Crippen molar-refractivity contribution in [3.63, 3.8) is 0 Å². The summed E-state index contributed by atoms with van der Waals surface area (Å²) in [5.74, 6) is -0.925. The number of carbonyl (C=O) groups excluding carboxylic acids is 2. The van der Waals surface area contributed by atoms with Gasteiger partial charge in [-0.3, -0.25) is 19.8 Å². The van der Waals surface area contributed by atoms with Gasteiger partial charge in [0.05, 0.1) is 30.7 Å². The number of nitrogens with one attached hydrogen (secondary N) is 2. The number of hydrogen-bond acceptors (Lipinski definition) is 6. The van der Waals surface area contributed by atoms with Crippen LogP contribution in [0.2, 0.25) is 0 Å². The van der Waals surface area contributed by atoms with Crippen LogP contribution in [0.15, 0.2) is 48.8 Å². The van der Waals surface area contributed by atoms with Gasteiger partial charge in [0.2, 0.25) is 0 Å². The summed E-state index contributed by atoms with van der Waals surface area (Å²) >= 11 is 0. The molecule has 8 heteroatoms. The first-order valence-corrected chi connectivity index (χ1v) is 8.48. The number of carbonyl (C=O) groups is 2. The van der Waals surface area contributed by atoms with Gasteiger partial charge in [-0.05, 0) is 23.8 Å². The zero-order valence-corrected chi connectivity index (χ0v) is 14.6. The number of hydrogen-bond donors (Lipinski definition) is 3. The molecular formula is C19H20N4O4. The van der Waals surface area contributed by atoms with Crippen molar-refractivity contribution in [3.05, 3.63) is 59.9 Å². The van der Waals surface area contributed by atoms with E-state index in [-0.39, 0.29) is 5.91 Å². The molecule has 1 aromatic heterocycles. The predicted octanol–water partition coefficient (Wildman–Crippen LogP) is 1.69. The Morgan fingerprint density at radius 1 is 1.19 bits per heavy atom. The smallest absolute Gasteiger partial charge is 0.267 e. The molecule has 1 aliphatic rings. The highest BCUT2D eigenvalue weighted by atomic mass is 16.5. The van der Waals surface area contributed by atoms with Crippen molar-refractivity contribution in [1.82, 2.24) is 10.5 Å². The van der Waals surface area contributed by atoms with Gasteiger partial charge in [0.1, 0.15) is 0 Å². The third kappa shape index (κ3) is 4.69. The molecular weight excluding hydrogens is 348 g/mol. The van der Waals surface area contributed by atoms with E-state index in [0.29, 0.717) is 43.1 Å². The highest BCUT2D eigenvalue weighted by molar-refractivity contribution is 6.09. The fourth-order valence-corrected chi connectivity index (χ4v) is 2.78. The molecule has 2 amide bonds. The summed E-state index contributed by atoms with van der Waals surface area (Å²) in [6.07, 6.45) is 5.95. The monoisotopic (exact) mass is 368 g/mol. The molecule has 1 saturated heterocycles. The van der Waals surface area contributed by atoms with E-state index in [1.165, 1.54) is 17.6 Å². The average molecular weight is 368 g/mol. The number of rotatable bonds is 5. The van der Waals surface area contributed by atoms with Crippen molar-refractivity contribution < 1.29 is 19.5 Å². The van der Waals surface area contributed by atoms with Crippen LogP contribution >= 0.6 is 0 Å². The Kier molecular flexibility index (Phi) is 6.14. The largest absolute Gasteiger partial charge is 0.378 e. The molecule has 3 rings (SSSR count). The Morgan fingerprint density at radius 2 is 1.96 bits per heavy atom. The number of para-hydroxylation sites is 1. The van der Waals surface area contributed by atoms with Gasteiger partial charge in [-0.1, -0.05) is 18.2 Å². The summed E-state index contributed by atoms with van der Waals surface area (Å²) in [6, 6.07) is 8.75. The van der Waals surface area contributed by atoms with Crippen LogP contribution in [0.3, 0.4) is 0 Å². The molecule has 1 aliphatic heterocycles. The quantitative estimate of drug-likeness (QED) is 0.422. The second kappa shape index (κ2) is 8.93. The maximum absolute atomic E-state index is 12.9. The molecule has 0 saturated carbocycles. The number of morpholine rings is 1. The first-order chi connectivity index (χ1) is 13.2. The molecule has 0 aliphatic carbocycles. The normalized spacial score (nSPS) is 14.2. The van der Waals surface area contributed by atoms with Crippen LogP contribution < -0.4 is 15.7 Å². The molecule has 8 nitrogen and oxygen atoms in total. The second-order valence-electron chi connectivity index (χ2n) is 5.84. The molecule has 0 radical (unpaired) electrons. The Morgan fingerprint density at radius 3 is 2.74 bits per heavy atom. The van der Waals surface area contributed by atoms with E-state index in [9.17, 15) is 9.59 Å². The van der Waals surface area contributed by atoms with Gasteiger partial charge < -0.3 is 15.0 Å². The average Bonchev–Trinajstić information content (AvgIpc) is 2.73. The molecule has 0 spiro atoms. The zero-order valence-electron chi connectivity index (χ0n) is 14.6. The van der Waals surface area contributed by atoms with Crippen molar-refractivity contribution in [2.24, 2.45) is 0 Å². The van der Waals surface area contributed by atoms with Gasteiger partial charge in [0.15, 0.2) is 0 Å². The summed E-state index contributed by atoms with van der Waals surface area (Å²) in [5, 5.41) is 11.5. The molecule has 27 heavy (non-hydrogen) atoms. The van der Waals surface area contributed by atoms with Crippen molar-refractivity contribution in [1.29, 1.82) is 0 Å². The minimum Gasteiger partial charge on any atom is -0.378 e. The first-order valence-electron chi connectivity index (χ1n) is 8.48. The van der Waals surface area contributed by atoms with Crippen LogP contribution in [-0.4, -0.2) is 48.3 Å². The summed E-state index contributed by atoms with van der Waals surface area (Å²) in [5.41, 5.74) is 3.98. The van der Waals surface area contributed by atoms with E-state index < -0.39 is 5.91 Å². The highest BCUT2D eigenvalue weighted by Gasteiger charge is 2.19. The van der Waals surface area contributed by atoms with Gasteiger partial charge in [-0.25, -0.2) is 5.48 Å². The Bertz CT molecular complexity index is 847. The molecule has 2 aromatic rings. The first kappa shape index (κ1) is 18.6. The van der Waals surface area contributed by atoms with Crippen LogP contribution in [0.25, 0.3) is 6.08 Å². The third-order valence-corrected chi connectivity index (χ3v) is 4.13. The minimum atomic E-state index is -0.653. The second-order valence-corrected chi connectivity index (χ2v) is 5.84. The topological polar surface area (TPSA) is 104 Å². The third-order valence-electron chi connectivity index (χ3n) is 4.13. The Labute approximate surface area is 156 Å². The van der Waals surface area contributed by atoms with Crippen LogP contribution in [0.1, 0.15) is 15.9 Å². The Balaban J connectivity index is 1.83. The lowest BCUT2D eigenvalue weighted by molar-refractivity contribution is -0.124. The molecule has 0 bridgehead atoms. The molecule has 1 aromatic carbocycles.